The van der Waals surface area contributed by atoms with Crippen LogP contribution in [0.15, 0.2) is 206 Å². The highest BCUT2D eigenvalue weighted by atomic mass is 15.2. The zero-order valence-electron chi connectivity index (χ0n) is 32.4. The van der Waals surface area contributed by atoms with E-state index >= 15 is 0 Å². The zero-order chi connectivity index (χ0) is 39.3. The zero-order valence-corrected chi connectivity index (χ0v) is 32.4. The first-order valence-electron chi connectivity index (χ1n) is 20.5. The van der Waals surface area contributed by atoms with Crippen LogP contribution in [0, 0.1) is 0 Å². The molecule has 4 heteroatoms. The van der Waals surface area contributed by atoms with Gasteiger partial charge in [0.2, 0.25) is 0 Å². The number of benzene rings is 10. The minimum atomic E-state index is 0.859. The topological polar surface area (TPSA) is 34.0 Å². The second-order valence-electron chi connectivity index (χ2n) is 15.7. The van der Waals surface area contributed by atoms with E-state index in [2.05, 4.69) is 204 Å². The molecule has 0 atom stereocenters. The first kappa shape index (κ1) is 32.9. The van der Waals surface area contributed by atoms with Crippen LogP contribution in [0.25, 0.3) is 104 Å². The smallest absolute Gasteiger partial charge is 0.0980 e. The van der Waals surface area contributed by atoms with Crippen LogP contribution in [0.3, 0.4) is 0 Å². The Morgan fingerprint density at radius 3 is 1.75 bits per heavy atom. The van der Waals surface area contributed by atoms with E-state index in [4.69, 9.17) is 9.97 Å². The Kier molecular flexibility index (Phi) is 6.98. The van der Waals surface area contributed by atoms with Gasteiger partial charge in [-0.1, -0.05) is 152 Å². The molecule has 60 heavy (non-hydrogen) atoms. The minimum Gasteiger partial charge on any atom is -0.309 e. The van der Waals surface area contributed by atoms with Gasteiger partial charge >= 0.3 is 0 Å². The maximum Gasteiger partial charge on any atom is 0.0980 e. The Bertz CT molecular complexity index is 3730. The summed E-state index contributed by atoms with van der Waals surface area (Å²) in [6, 6.07) is 74.3. The fourth-order valence-corrected chi connectivity index (χ4v) is 9.95. The molecule has 1 aliphatic rings. The van der Waals surface area contributed by atoms with E-state index < -0.39 is 0 Å². The Hall–Kier alpha value is -8.08. The third-order valence-corrected chi connectivity index (χ3v) is 12.5. The average molecular weight is 763 g/mol. The van der Waals surface area contributed by atoms with Crippen molar-refractivity contribution in [3.63, 3.8) is 0 Å². The van der Waals surface area contributed by atoms with E-state index in [1.807, 2.05) is 12.1 Å². The monoisotopic (exact) mass is 762 g/mol. The second-order valence-corrected chi connectivity index (χ2v) is 15.7. The number of hydrogen-bond donors (Lipinski definition) is 0. The summed E-state index contributed by atoms with van der Waals surface area (Å²) in [5.74, 6) is 0. The summed E-state index contributed by atoms with van der Waals surface area (Å²) in [4.78, 5) is 13.5. The highest BCUT2D eigenvalue weighted by molar-refractivity contribution is 6.22. The molecule has 4 nitrogen and oxygen atoms in total. The van der Waals surface area contributed by atoms with Crippen LogP contribution < -0.4 is 4.90 Å². The van der Waals surface area contributed by atoms with Crippen LogP contribution in [-0.4, -0.2) is 14.5 Å². The van der Waals surface area contributed by atoms with Crippen molar-refractivity contribution in [2.24, 2.45) is 0 Å². The normalized spacial score (nSPS) is 12.3. The molecule has 0 N–H and O–H groups in total. The SMILES string of the molecule is c1ccc(-n2c3ccccc3c3c(-c4nc5ccccc5nc4-c4ccc(N5c6c(ccc7ccccc67)-c6cccc7cccc5c67)c5ccccc45)cccc32)cc1. The molecule has 0 unspecified atom stereocenters. The van der Waals surface area contributed by atoms with E-state index in [0.29, 0.717) is 0 Å². The largest absolute Gasteiger partial charge is 0.309 e. The Balaban J connectivity index is 1.10. The molecule has 13 rings (SSSR count). The number of hydrogen-bond acceptors (Lipinski definition) is 3. The van der Waals surface area contributed by atoms with Crippen LogP contribution in [0.1, 0.15) is 0 Å². The lowest BCUT2D eigenvalue weighted by molar-refractivity contribution is 1.18. The number of nitrogens with zero attached hydrogens (tertiary/aromatic N) is 4. The predicted octanol–water partition coefficient (Wildman–Crippen LogP) is 15.0. The summed E-state index contributed by atoms with van der Waals surface area (Å²) in [6.07, 6.45) is 0. The number of rotatable bonds is 4. The van der Waals surface area contributed by atoms with E-state index in [9.17, 15) is 0 Å². The van der Waals surface area contributed by atoms with Gasteiger partial charge in [0.25, 0.3) is 0 Å². The van der Waals surface area contributed by atoms with Crippen LogP contribution in [0.4, 0.5) is 17.1 Å². The lowest BCUT2D eigenvalue weighted by atomic mass is 9.88. The van der Waals surface area contributed by atoms with Crippen molar-refractivity contribution >= 4 is 82.2 Å². The Morgan fingerprint density at radius 1 is 0.317 bits per heavy atom. The highest BCUT2D eigenvalue weighted by Crippen LogP contribution is 2.55. The first-order chi connectivity index (χ1) is 29.8. The molecule has 12 aromatic rings. The van der Waals surface area contributed by atoms with E-state index in [1.54, 1.807) is 0 Å². The number of fused-ring (bicyclic) bond motifs is 9. The van der Waals surface area contributed by atoms with Crippen molar-refractivity contribution in [2.75, 3.05) is 4.90 Å². The maximum absolute atomic E-state index is 5.52. The van der Waals surface area contributed by atoms with Crippen molar-refractivity contribution < 1.29 is 0 Å². The number of aromatic nitrogens is 3. The average Bonchev–Trinajstić information content (AvgIpc) is 3.66. The van der Waals surface area contributed by atoms with Gasteiger partial charge in [-0.05, 0) is 76.3 Å². The lowest BCUT2D eigenvalue weighted by Crippen LogP contribution is -2.16. The van der Waals surface area contributed by atoms with Gasteiger partial charge in [-0.3, -0.25) is 0 Å². The molecule has 0 saturated carbocycles. The molecule has 3 heterocycles. The van der Waals surface area contributed by atoms with Gasteiger partial charge in [-0.25, -0.2) is 9.97 Å². The van der Waals surface area contributed by atoms with Gasteiger partial charge in [-0.2, -0.15) is 0 Å². The summed E-state index contributed by atoms with van der Waals surface area (Å²) in [5, 5.41) is 9.53. The van der Waals surface area contributed by atoms with Crippen molar-refractivity contribution in [2.45, 2.75) is 0 Å². The molecular formula is C56H34N4. The predicted molar refractivity (Wildman–Crippen MR) is 251 cm³/mol. The molecule has 2 aromatic heterocycles. The second kappa shape index (κ2) is 12.7. The summed E-state index contributed by atoms with van der Waals surface area (Å²) >= 11 is 0. The van der Waals surface area contributed by atoms with Gasteiger partial charge < -0.3 is 9.47 Å². The summed E-state index contributed by atoms with van der Waals surface area (Å²) in [7, 11) is 0. The molecule has 0 aliphatic carbocycles. The molecule has 0 bridgehead atoms. The number of para-hydroxylation sites is 4. The molecule has 1 aliphatic heterocycles. The van der Waals surface area contributed by atoms with E-state index in [-0.39, 0.29) is 0 Å². The van der Waals surface area contributed by atoms with Crippen molar-refractivity contribution in [3.8, 4) is 39.3 Å². The van der Waals surface area contributed by atoms with Crippen molar-refractivity contribution in [3.05, 3.63) is 206 Å². The standard InChI is InChI=1S/C56H34N4/c1-2-18-37(19-3-1)59-48-28-11-8-23-44(48)53-45(25-14-30-51(53)59)55-54(57-46-26-9-10-27-47(46)58-55)42-33-34-49(40-22-7-6-21-39(40)42)60-50-29-13-17-36-16-12-24-41(52(36)50)43-32-31-35-15-4-5-20-38(35)56(43)60/h1-34H. The fraction of sp³-hybridized carbons (Fsp3) is 0. The maximum atomic E-state index is 5.52. The van der Waals surface area contributed by atoms with Crippen molar-refractivity contribution in [1.82, 2.24) is 14.5 Å². The highest BCUT2D eigenvalue weighted by Gasteiger charge is 2.30. The quantitative estimate of drug-likeness (QED) is 0.179. The molecule has 0 spiro atoms. The Morgan fingerprint density at radius 2 is 0.917 bits per heavy atom. The molecular weight excluding hydrogens is 729 g/mol. The molecule has 0 radical (unpaired) electrons. The van der Waals surface area contributed by atoms with Gasteiger partial charge in [0, 0.05) is 49.3 Å². The van der Waals surface area contributed by atoms with E-state index in [0.717, 1.165) is 72.1 Å². The molecule has 0 saturated heterocycles. The van der Waals surface area contributed by atoms with E-state index in [1.165, 1.54) is 49.4 Å². The summed E-state index contributed by atoms with van der Waals surface area (Å²) in [6.45, 7) is 0. The number of anilines is 3. The third-order valence-electron chi connectivity index (χ3n) is 12.5. The molecule has 0 amide bonds. The van der Waals surface area contributed by atoms with Crippen LogP contribution in [-0.2, 0) is 0 Å². The van der Waals surface area contributed by atoms with Crippen molar-refractivity contribution in [1.29, 1.82) is 0 Å². The fourth-order valence-electron chi connectivity index (χ4n) is 9.95. The van der Waals surface area contributed by atoms with Gasteiger partial charge in [0.05, 0.1) is 50.5 Å². The van der Waals surface area contributed by atoms with Gasteiger partial charge in [0.15, 0.2) is 0 Å². The lowest BCUT2D eigenvalue weighted by Gasteiger charge is -2.35. The minimum absolute atomic E-state index is 0.859. The van der Waals surface area contributed by atoms with Gasteiger partial charge in [-0.15, -0.1) is 0 Å². The summed E-state index contributed by atoms with van der Waals surface area (Å²) < 4.78 is 2.37. The summed E-state index contributed by atoms with van der Waals surface area (Å²) in [5.41, 5.74) is 15.0. The molecule has 10 aromatic carbocycles. The first-order valence-corrected chi connectivity index (χ1v) is 20.5. The molecule has 0 fully saturated rings. The third kappa shape index (κ3) is 4.67. The molecule has 278 valence electrons. The van der Waals surface area contributed by atoms with Gasteiger partial charge in [0.1, 0.15) is 0 Å². The Labute approximate surface area is 345 Å². The van der Waals surface area contributed by atoms with Crippen LogP contribution >= 0.6 is 0 Å². The van der Waals surface area contributed by atoms with Crippen LogP contribution in [0.5, 0.6) is 0 Å². The van der Waals surface area contributed by atoms with Crippen LogP contribution in [0.2, 0.25) is 0 Å².